The second-order valence-electron chi connectivity index (χ2n) is 4.03. The van der Waals surface area contributed by atoms with E-state index >= 15 is 0 Å². The molecule has 0 saturated heterocycles. The van der Waals surface area contributed by atoms with E-state index in [-0.39, 0.29) is 0 Å². The molecule has 1 N–H and O–H groups in total. The highest BCUT2D eigenvalue weighted by molar-refractivity contribution is 5.21. The van der Waals surface area contributed by atoms with E-state index in [2.05, 4.69) is 24.4 Å². The zero-order valence-corrected chi connectivity index (χ0v) is 9.33. The summed E-state index contributed by atoms with van der Waals surface area (Å²) in [5.74, 6) is 1.05. The van der Waals surface area contributed by atoms with Gasteiger partial charge in [-0.05, 0) is 49.9 Å². The van der Waals surface area contributed by atoms with Crippen molar-refractivity contribution in [2.45, 2.75) is 38.6 Å². The van der Waals surface area contributed by atoms with Crippen LogP contribution in [0, 0.1) is 0 Å². The van der Waals surface area contributed by atoms with E-state index in [0.717, 1.165) is 12.3 Å². The molecule has 0 bridgehead atoms. The Kier molecular flexibility index (Phi) is 3.62. The number of nitrogens with one attached hydrogen (secondary N) is 1. The highest BCUT2D eigenvalue weighted by atomic mass is 16.3. The van der Waals surface area contributed by atoms with Crippen LogP contribution in [-0.4, -0.2) is 6.54 Å². The molecule has 1 aliphatic rings. The quantitative estimate of drug-likeness (QED) is 0.762. The predicted octanol–water partition coefficient (Wildman–Crippen LogP) is 3.43. The van der Waals surface area contributed by atoms with E-state index in [1.165, 1.54) is 31.3 Å². The van der Waals surface area contributed by atoms with Crippen molar-refractivity contribution >= 4 is 0 Å². The Bertz CT molecular complexity index is 313. The summed E-state index contributed by atoms with van der Waals surface area (Å²) < 4.78 is 5.50. The molecule has 0 spiro atoms. The molecule has 1 aromatic heterocycles. The minimum Gasteiger partial charge on any atom is -0.467 e. The van der Waals surface area contributed by atoms with Crippen LogP contribution in [0.25, 0.3) is 0 Å². The van der Waals surface area contributed by atoms with Crippen LogP contribution in [0.1, 0.15) is 44.4 Å². The molecule has 0 fully saturated rings. The molecule has 1 aliphatic carbocycles. The lowest BCUT2D eigenvalue weighted by Gasteiger charge is -2.22. The second-order valence-corrected chi connectivity index (χ2v) is 4.03. The standard InChI is InChI=1S/C13H19NO/c1-2-14-13(12-9-6-10-15-12)11-7-4-3-5-8-11/h6-7,9-10,13-14H,2-5,8H2,1H3. The van der Waals surface area contributed by atoms with Gasteiger partial charge in [-0.25, -0.2) is 0 Å². The molecule has 0 radical (unpaired) electrons. The maximum Gasteiger partial charge on any atom is 0.124 e. The lowest BCUT2D eigenvalue weighted by atomic mass is 9.92. The number of rotatable bonds is 4. The molecule has 1 heterocycles. The minimum absolute atomic E-state index is 0.297. The fourth-order valence-corrected chi connectivity index (χ4v) is 2.20. The molecular formula is C13H19NO. The van der Waals surface area contributed by atoms with Crippen molar-refractivity contribution in [1.29, 1.82) is 0 Å². The molecule has 2 nitrogen and oxygen atoms in total. The fourth-order valence-electron chi connectivity index (χ4n) is 2.20. The van der Waals surface area contributed by atoms with Gasteiger partial charge in [0.15, 0.2) is 0 Å². The van der Waals surface area contributed by atoms with E-state index in [1.54, 1.807) is 6.26 Å². The number of likely N-dealkylation sites (N-methyl/N-ethyl adjacent to an activating group) is 1. The van der Waals surface area contributed by atoms with Crippen molar-refractivity contribution in [1.82, 2.24) is 5.32 Å². The Morgan fingerprint density at radius 3 is 3.00 bits per heavy atom. The molecule has 0 amide bonds. The highest BCUT2D eigenvalue weighted by Crippen LogP contribution is 2.29. The second kappa shape index (κ2) is 5.17. The van der Waals surface area contributed by atoms with E-state index in [9.17, 15) is 0 Å². The van der Waals surface area contributed by atoms with Crippen molar-refractivity contribution < 1.29 is 4.42 Å². The summed E-state index contributed by atoms with van der Waals surface area (Å²) in [6, 6.07) is 4.32. The van der Waals surface area contributed by atoms with Gasteiger partial charge in [0.05, 0.1) is 12.3 Å². The Hall–Kier alpha value is -1.02. The Morgan fingerprint density at radius 2 is 2.40 bits per heavy atom. The third kappa shape index (κ3) is 2.51. The minimum atomic E-state index is 0.297. The van der Waals surface area contributed by atoms with Gasteiger partial charge in [-0.3, -0.25) is 0 Å². The third-order valence-electron chi connectivity index (χ3n) is 2.93. The smallest absolute Gasteiger partial charge is 0.124 e. The maximum absolute atomic E-state index is 5.50. The monoisotopic (exact) mass is 205 g/mol. The fraction of sp³-hybridized carbons (Fsp3) is 0.538. The summed E-state index contributed by atoms with van der Waals surface area (Å²) >= 11 is 0. The molecule has 0 saturated carbocycles. The first-order valence-corrected chi connectivity index (χ1v) is 5.87. The van der Waals surface area contributed by atoms with Gasteiger partial charge >= 0.3 is 0 Å². The highest BCUT2D eigenvalue weighted by Gasteiger charge is 2.19. The average Bonchev–Trinajstić information content (AvgIpc) is 2.80. The van der Waals surface area contributed by atoms with Crippen LogP contribution in [0.15, 0.2) is 34.5 Å². The van der Waals surface area contributed by atoms with Crippen molar-refractivity contribution in [3.05, 3.63) is 35.8 Å². The van der Waals surface area contributed by atoms with E-state index < -0.39 is 0 Å². The zero-order chi connectivity index (χ0) is 10.5. The Labute approximate surface area is 91.4 Å². The molecule has 1 atom stereocenters. The van der Waals surface area contributed by atoms with Crippen LogP contribution >= 0.6 is 0 Å². The first kappa shape index (κ1) is 10.5. The van der Waals surface area contributed by atoms with Gasteiger partial charge in [0.1, 0.15) is 5.76 Å². The summed E-state index contributed by atoms with van der Waals surface area (Å²) in [5, 5.41) is 3.49. The molecular weight excluding hydrogens is 186 g/mol. The first-order valence-electron chi connectivity index (χ1n) is 5.87. The van der Waals surface area contributed by atoms with Crippen molar-refractivity contribution in [3.63, 3.8) is 0 Å². The van der Waals surface area contributed by atoms with Crippen LogP contribution in [0.2, 0.25) is 0 Å². The lowest BCUT2D eigenvalue weighted by Crippen LogP contribution is -2.23. The van der Waals surface area contributed by atoms with E-state index in [0.29, 0.717) is 6.04 Å². The lowest BCUT2D eigenvalue weighted by molar-refractivity contribution is 0.436. The Balaban J connectivity index is 2.15. The van der Waals surface area contributed by atoms with Gasteiger partial charge < -0.3 is 9.73 Å². The van der Waals surface area contributed by atoms with Gasteiger partial charge in [-0.1, -0.05) is 13.0 Å². The molecule has 1 aromatic rings. The largest absolute Gasteiger partial charge is 0.467 e. The maximum atomic E-state index is 5.50. The number of furan rings is 1. The molecule has 2 rings (SSSR count). The van der Waals surface area contributed by atoms with Crippen molar-refractivity contribution in [3.8, 4) is 0 Å². The summed E-state index contributed by atoms with van der Waals surface area (Å²) in [6.07, 6.45) is 9.20. The summed E-state index contributed by atoms with van der Waals surface area (Å²) in [4.78, 5) is 0. The van der Waals surface area contributed by atoms with E-state index in [4.69, 9.17) is 4.42 Å². The first-order chi connectivity index (χ1) is 7.42. The van der Waals surface area contributed by atoms with Gasteiger partial charge in [0.25, 0.3) is 0 Å². The number of hydrogen-bond acceptors (Lipinski definition) is 2. The van der Waals surface area contributed by atoms with Crippen LogP contribution in [-0.2, 0) is 0 Å². The third-order valence-corrected chi connectivity index (χ3v) is 2.93. The number of allylic oxidation sites excluding steroid dienone is 1. The van der Waals surface area contributed by atoms with Crippen LogP contribution in [0.4, 0.5) is 0 Å². The molecule has 82 valence electrons. The summed E-state index contributed by atoms with van der Waals surface area (Å²) in [5.41, 5.74) is 1.50. The molecule has 0 aliphatic heterocycles. The van der Waals surface area contributed by atoms with Gasteiger partial charge in [0, 0.05) is 0 Å². The number of hydrogen-bond donors (Lipinski definition) is 1. The summed E-state index contributed by atoms with van der Waals surface area (Å²) in [6.45, 7) is 3.11. The van der Waals surface area contributed by atoms with Crippen molar-refractivity contribution in [2.75, 3.05) is 6.54 Å². The predicted molar refractivity (Wildman–Crippen MR) is 61.7 cm³/mol. The van der Waals surface area contributed by atoms with Gasteiger partial charge in [0.2, 0.25) is 0 Å². The SMILES string of the molecule is CCNC(C1=CCCCC1)c1ccco1. The van der Waals surface area contributed by atoms with Crippen molar-refractivity contribution in [2.24, 2.45) is 0 Å². The molecule has 2 heteroatoms. The molecule has 1 unspecified atom stereocenters. The zero-order valence-electron chi connectivity index (χ0n) is 9.33. The summed E-state index contributed by atoms with van der Waals surface area (Å²) in [7, 11) is 0. The Morgan fingerprint density at radius 1 is 1.47 bits per heavy atom. The van der Waals surface area contributed by atoms with Crippen LogP contribution < -0.4 is 5.32 Å². The average molecular weight is 205 g/mol. The topological polar surface area (TPSA) is 25.2 Å². The van der Waals surface area contributed by atoms with E-state index in [1.807, 2.05) is 6.07 Å². The van der Waals surface area contributed by atoms with Crippen LogP contribution in [0.3, 0.4) is 0 Å². The molecule has 15 heavy (non-hydrogen) atoms. The molecule has 0 aromatic carbocycles. The van der Waals surface area contributed by atoms with Gasteiger partial charge in [-0.15, -0.1) is 0 Å². The van der Waals surface area contributed by atoms with Crippen LogP contribution in [0.5, 0.6) is 0 Å². The normalized spacial score (nSPS) is 18.6. The van der Waals surface area contributed by atoms with Gasteiger partial charge in [-0.2, -0.15) is 0 Å².